The Morgan fingerprint density at radius 3 is 2.86 bits per heavy atom. The van der Waals surface area contributed by atoms with Crippen LogP contribution >= 0.6 is 11.8 Å². The minimum Gasteiger partial charge on any atom is -0.466 e. The molecule has 148 valence electrons. The summed E-state index contributed by atoms with van der Waals surface area (Å²) < 4.78 is 4.52. The number of nitrogens with zero attached hydrogens (tertiary/aromatic N) is 4. The van der Waals surface area contributed by atoms with Crippen LogP contribution in [0.15, 0.2) is 45.4 Å². The second kappa shape index (κ2) is 9.63. The second-order valence-corrected chi connectivity index (χ2v) is 7.59. The molecule has 0 atom stereocenters. The lowest BCUT2D eigenvalue weighted by molar-refractivity contribution is -0.135. The number of thioether (sulfide) groups is 1. The maximum absolute atomic E-state index is 11.8. The Labute approximate surface area is 168 Å². The summed E-state index contributed by atoms with van der Waals surface area (Å²) in [7, 11) is 3.41. The van der Waals surface area contributed by atoms with Gasteiger partial charge in [-0.1, -0.05) is 18.2 Å². The van der Waals surface area contributed by atoms with Crippen molar-refractivity contribution in [3.8, 4) is 0 Å². The number of amidine groups is 1. The van der Waals surface area contributed by atoms with Gasteiger partial charge in [0.2, 0.25) is 0 Å². The first-order valence-corrected chi connectivity index (χ1v) is 9.75. The van der Waals surface area contributed by atoms with E-state index in [9.17, 15) is 9.59 Å². The monoisotopic (exact) mass is 401 g/mol. The van der Waals surface area contributed by atoms with E-state index in [0.29, 0.717) is 5.17 Å². The van der Waals surface area contributed by atoms with E-state index in [0.717, 1.165) is 56.1 Å². The van der Waals surface area contributed by atoms with Crippen LogP contribution in [0.3, 0.4) is 0 Å². The van der Waals surface area contributed by atoms with Crippen LogP contribution in [0.25, 0.3) is 0 Å². The number of hydrogen-bond donors (Lipinski definition) is 1. The van der Waals surface area contributed by atoms with Gasteiger partial charge in [0, 0.05) is 38.8 Å². The molecule has 1 amide bonds. The molecule has 9 heteroatoms. The van der Waals surface area contributed by atoms with Gasteiger partial charge in [0.05, 0.1) is 18.2 Å². The highest BCUT2D eigenvalue weighted by atomic mass is 32.2. The summed E-state index contributed by atoms with van der Waals surface area (Å²) in [6, 6.07) is 8.16. The molecule has 2 aliphatic rings. The van der Waals surface area contributed by atoms with E-state index in [-0.39, 0.29) is 4.91 Å². The number of benzene rings is 1. The zero-order valence-electron chi connectivity index (χ0n) is 15.9. The summed E-state index contributed by atoms with van der Waals surface area (Å²) >= 11 is 1.05. The lowest BCUT2D eigenvalue weighted by Crippen LogP contribution is -2.43. The minimum atomic E-state index is -0.584. The number of likely N-dealkylation sites (N-methyl/N-ethyl adjacent to an activating group) is 1. The van der Waals surface area contributed by atoms with Crippen LogP contribution in [0.2, 0.25) is 0 Å². The Kier molecular flexibility index (Phi) is 6.96. The number of nitrogens with one attached hydrogen (secondary N) is 1. The summed E-state index contributed by atoms with van der Waals surface area (Å²) in [4.78, 5) is 28.0. The number of hydrogen-bond acceptors (Lipinski definition) is 8. The highest BCUT2D eigenvalue weighted by Gasteiger charge is 2.25. The molecule has 8 nitrogen and oxygen atoms in total. The first-order chi connectivity index (χ1) is 13.5. The molecule has 2 fully saturated rings. The first-order valence-electron chi connectivity index (χ1n) is 8.93. The van der Waals surface area contributed by atoms with Gasteiger partial charge in [0.1, 0.15) is 0 Å². The molecular formula is C19H23N5O3S. The molecule has 2 heterocycles. The van der Waals surface area contributed by atoms with Crippen LogP contribution in [0.5, 0.6) is 0 Å². The van der Waals surface area contributed by atoms with Crippen molar-refractivity contribution in [1.82, 2.24) is 15.1 Å². The van der Waals surface area contributed by atoms with Crippen molar-refractivity contribution >= 4 is 35.0 Å². The number of piperazine rings is 1. The number of methoxy groups -OCH3 is 1. The molecule has 0 saturated carbocycles. The quantitative estimate of drug-likeness (QED) is 0.343. The van der Waals surface area contributed by atoms with Crippen molar-refractivity contribution in [2.24, 2.45) is 10.2 Å². The summed E-state index contributed by atoms with van der Waals surface area (Å²) in [6.45, 7) is 5.24. The standard InChI is InChI=1S/C19H23N5O3S/c1-23-6-8-24(9-7-23)13-15-5-3-4-14(10-15)12-20-22-19-21-18(26)16(28-19)11-17(25)27-2/h3-5,10-12H,6-9,13H2,1-2H3,(H,21,22,26)/b16-11+,20-12?. The third-order valence-electron chi connectivity index (χ3n) is 4.41. The summed E-state index contributed by atoms with van der Waals surface area (Å²) in [5.41, 5.74) is 2.17. The molecule has 0 radical (unpaired) electrons. The minimum absolute atomic E-state index is 0.231. The number of ether oxygens (including phenoxy) is 1. The summed E-state index contributed by atoms with van der Waals surface area (Å²) in [5, 5.41) is 11.0. The lowest BCUT2D eigenvalue weighted by Gasteiger charge is -2.32. The average Bonchev–Trinajstić information content (AvgIpc) is 3.03. The molecule has 2 aliphatic heterocycles. The molecule has 1 N–H and O–H groups in total. The summed E-state index contributed by atoms with van der Waals surface area (Å²) in [6.07, 6.45) is 2.78. The fraction of sp³-hybridized carbons (Fsp3) is 0.368. The molecule has 28 heavy (non-hydrogen) atoms. The van der Waals surface area contributed by atoms with Crippen molar-refractivity contribution in [3.05, 3.63) is 46.4 Å². The van der Waals surface area contributed by atoms with Crippen LogP contribution in [-0.4, -0.2) is 73.4 Å². The first kappa shape index (κ1) is 20.2. The Bertz CT molecular complexity index is 829. The molecule has 0 aliphatic carbocycles. The topological polar surface area (TPSA) is 86.6 Å². The highest BCUT2D eigenvalue weighted by molar-refractivity contribution is 8.18. The van der Waals surface area contributed by atoms with Crippen molar-refractivity contribution in [2.45, 2.75) is 6.54 Å². The van der Waals surface area contributed by atoms with Crippen molar-refractivity contribution in [3.63, 3.8) is 0 Å². The van der Waals surface area contributed by atoms with E-state index in [4.69, 9.17) is 0 Å². The highest BCUT2D eigenvalue weighted by Crippen LogP contribution is 2.23. The Hall–Kier alpha value is -2.49. The SMILES string of the molecule is COC(=O)/C=C1/S/C(=N\N=Cc2cccc(CN3CCN(C)CC3)c2)NC1=O. The number of carbonyl (C=O) groups is 2. The van der Waals surface area contributed by atoms with Gasteiger partial charge in [0.15, 0.2) is 5.17 Å². The predicted octanol–water partition coefficient (Wildman–Crippen LogP) is 1.04. The molecule has 1 aromatic rings. The number of rotatable bonds is 5. The van der Waals surface area contributed by atoms with Gasteiger partial charge >= 0.3 is 5.97 Å². The summed E-state index contributed by atoms with van der Waals surface area (Å²) in [5.74, 6) is -0.974. The van der Waals surface area contributed by atoms with E-state index >= 15 is 0 Å². The van der Waals surface area contributed by atoms with Crippen molar-refractivity contribution in [1.29, 1.82) is 0 Å². The molecule has 0 bridgehead atoms. The fourth-order valence-corrected chi connectivity index (χ4v) is 3.56. The van der Waals surface area contributed by atoms with Crippen molar-refractivity contribution < 1.29 is 14.3 Å². The maximum atomic E-state index is 11.8. The van der Waals surface area contributed by atoms with Crippen LogP contribution < -0.4 is 5.32 Å². The Balaban J connectivity index is 1.59. The zero-order chi connectivity index (χ0) is 19.9. The van der Waals surface area contributed by atoms with E-state index in [1.807, 2.05) is 12.1 Å². The average molecular weight is 401 g/mol. The van der Waals surface area contributed by atoms with Gasteiger partial charge in [-0.25, -0.2) is 4.79 Å². The lowest BCUT2D eigenvalue weighted by atomic mass is 10.1. The number of carbonyl (C=O) groups excluding carboxylic acids is 2. The Morgan fingerprint density at radius 2 is 2.11 bits per heavy atom. The van der Waals surface area contributed by atoms with Crippen LogP contribution in [0.1, 0.15) is 11.1 Å². The molecule has 0 spiro atoms. The number of esters is 1. The molecule has 1 aromatic carbocycles. The molecule has 3 rings (SSSR count). The van der Waals surface area contributed by atoms with Gasteiger partial charge < -0.3 is 9.64 Å². The largest absolute Gasteiger partial charge is 0.466 e. The zero-order valence-corrected chi connectivity index (χ0v) is 16.7. The van der Waals surface area contributed by atoms with E-state index < -0.39 is 11.9 Å². The van der Waals surface area contributed by atoms with E-state index in [1.165, 1.54) is 12.7 Å². The maximum Gasteiger partial charge on any atom is 0.331 e. The third kappa shape index (κ3) is 5.75. The Morgan fingerprint density at radius 1 is 1.32 bits per heavy atom. The van der Waals surface area contributed by atoms with Crippen molar-refractivity contribution in [2.75, 3.05) is 40.3 Å². The van der Waals surface area contributed by atoms with Gasteiger partial charge in [0.25, 0.3) is 5.91 Å². The van der Waals surface area contributed by atoms with Gasteiger partial charge in [-0.05, 0) is 36.0 Å². The van der Waals surface area contributed by atoms with Gasteiger partial charge in [-0.3, -0.25) is 15.0 Å². The normalized spacial score (nSPS) is 21.6. The smallest absolute Gasteiger partial charge is 0.331 e. The number of amides is 1. The second-order valence-electron chi connectivity index (χ2n) is 6.56. The van der Waals surface area contributed by atoms with Crippen LogP contribution in [0.4, 0.5) is 0 Å². The van der Waals surface area contributed by atoms with E-state index in [1.54, 1.807) is 6.21 Å². The van der Waals surface area contributed by atoms with E-state index in [2.05, 4.69) is 49.2 Å². The molecule has 0 unspecified atom stereocenters. The van der Waals surface area contributed by atoms with Gasteiger partial charge in [-0.2, -0.15) is 5.10 Å². The molecular weight excluding hydrogens is 378 g/mol. The van der Waals surface area contributed by atoms with Crippen LogP contribution in [0, 0.1) is 0 Å². The molecule has 2 saturated heterocycles. The molecule has 0 aromatic heterocycles. The predicted molar refractivity (Wildman–Crippen MR) is 110 cm³/mol. The third-order valence-corrected chi connectivity index (χ3v) is 5.31. The van der Waals surface area contributed by atoms with Crippen LogP contribution in [-0.2, 0) is 20.9 Å². The van der Waals surface area contributed by atoms with Gasteiger partial charge in [-0.15, -0.1) is 5.10 Å². The fourth-order valence-electron chi connectivity index (χ4n) is 2.83.